The molecule has 2 rings (SSSR count). The number of carbonyl (C=O) groups excluding carboxylic acids is 2. The largest absolute Gasteiger partial charge is 0.504 e. The van der Waals surface area contributed by atoms with E-state index in [1.807, 2.05) is 30.3 Å². The van der Waals surface area contributed by atoms with E-state index in [0.29, 0.717) is 5.56 Å². The highest BCUT2D eigenvalue weighted by Gasteiger charge is 2.05. The van der Waals surface area contributed by atoms with Crippen molar-refractivity contribution in [3.05, 3.63) is 65.7 Å². The van der Waals surface area contributed by atoms with E-state index in [9.17, 15) is 14.7 Å². The molecule has 0 bridgehead atoms. The zero-order valence-corrected chi connectivity index (χ0v) is 12.6. The fraction of sp³-hybridized carbons (Fsp3) is 0.111. The van der Waals surface area contributed by atoms with Crippen molar-refractivity contribution in [1.29, 1.82) is 0 Å². The van der Waals surface area contributed by atoms with Crippen LogP contribution >= 0.6 is 0 Å². The number of rotatable bonds is 5. The number of carbonyl (C=O) groups is 2. The van der Waals surface area contributed by atoms with Gasteiger partial charge in [-0.3, -0.25) is 4.79 Å². The lowest BCUT2D eigenvalue weighted by Crippen LogP contribution is -2.01. The van der Waals surface area contributed by atoms with Gasteiger partial charge in [0.2, 0.25) is 0 Å². The van der Waals surface area contributed by atoms with E-state index >= 15 is 0 Å². The molecule has 0 unspecified atom stereocenters. The summed E-state index contributed by atoms with van der Waals surface area (Å²) >= 11 is 0. The van der Waals surface area contributed by atoms with Crippen LogP contribution in [0.2, 0.25) is 0 Å². The highest BCUT2D eigenvalue weighted by atomic mass is 16.5. The Kier molecular flexibility index (Phi) is 5.52. The lowest BCUT2D eigenvalue weighted by Gasteiger charge is -2.04. The summed E-state index contributed by atoms with van der Waals surface area (Å²) in [4.78, 5) is 22.5. The van der Waals surface area contributed by atoms with Crippen LogP contribution in [0, 0.1) is 0 Å². The summed E-state index contributed by atoms with van der Waals surface area (Å²) in [5.41, 5.74) is 1.48. The summed E-state index contributed by atoms with van der Waals surface area (Å²) in [6.07, 6.45) is 2.77. The molecule has 0 fully saturated rings. The van der Waals surface area contributed by atoms with Crippen molar-refractivity contribution in [2.75, 3.05) is 0 Å². The number of hydrogen-bond acceptors (Lipinski definition) is 5. The lowest BCUT2D eigenvalue weighted by atomic mass is 10.2. The molecule has 0 saturated carbocycles. The van der Waals surface area contributed by atoms with Gasteiger partial charge in [-0.1, -0.05) is 36.4 Å². The second-order valence-electron chi connectivity index (χ2n) is 4.75. The summed E-state index contributed by atoms with van der Waals surface area (Å²) < 4.78 is 9.91. The molecule has 5 heteroatoms. The van der Waals surface area contributed by atoms with Crippen LogP contribution in [0.15, 0.2) is 54.6 Å². The van der Waals surface area contributed by atoms with E-state index in [1.165, 1.54) is 31.2 Å². The molecule has 0 amide bonds. The minimum Gasteiger partial charge on any atom is -0.504 e. The van der Waals surface area contributed by atoms with Gasteiger partial charge >= 0.3 is 11.9 Å². The van der Waals surface area contributed by atoms with Crippen LogP contribution in [0.3, 0.4) is 0 Å². The average Bonchev–Trinajstić information content (AvgIpc) is 2.54. The van der Waals surface area contributed by atoms with Gasteiger partial charge in [0, 0.05) is 13.0 Å². The predicted octanol–water partition coefficient (Wildman–Crippen LogP) is 3.07. The summed E-state index contributed by atoms with van der Waals surface area (Å²) in [6.45, 7) is 1.44. The van der Waals surface area contributed by atoms with Crippen LogP contribution in [0.5, 0.6) is 11.5 Å². The molecule has 5 nitrogen and oxygen atoms in total. The second-order valence-corrected chi connectivity index (χ2v) is 4.75. The Labute approximate surface area is 133 Å². The number of phenols is 1. The maximum Gasteiger partial charge on any atom is 0.331 e. The lowest BCUT2D eigenvalue weighted by molar-refractivity contribution is -0.139. The first kappa shape index (κ1) is 16.3. The maximum absolute atomic E-state index is 11.6. The van der Waals surface area contributed by atoms with Gasteiger partial charge in [0.05, 0.1) is 0 Å². The number of ether oxygens (including phenoxy) is 2. The molecule has 0 aliphatic carbocycles. The van der Waals surface area contributed by atoms with Crippen LogP contribution in [0.4, 0.5) is 0 Å². The van der Waals surface area contributed by atoms with Gasteiger partial charge in [-0.05, 0) is 29.3 Å². The molecule has 0 saturated heterocycles. The van der Waals surface area contributed by atoms with Gasteiger partial charge in [0.15, 0.2) is 11.5 Å². The van der Waals surface area contributed by atoms with E-state index in [1.54, 1.807) is 6.07 Å². The molecule has 0 heterocycles. The van der Waals surface area contributed by atoms with E-state index in [0.717, 1.165) is 5.56 Å². The van der Waals surface area contributed by atoms with Gasteiger partial charge in [-0.2, -0.15) is 0 Å². The van der Waals surface area contributed by atoms with Gasteiger partial charge in [-0.25, -0.2) is 4.79 Å². The van der Waals surface area contributed by atoms with Gasteiger partial charge in [-0.15, -0.1) is 0 Å². The number of esters is 2. The Bertz CT molecular complexity index is 719. The van der Waals surface area contributed by atoms with Crippen molar-refractivity contribution < 1.29 is 24.2 Å². The smallest absolute Gasteiger partial charge is 0.331 e. The molecule has 1 N–H and O–H groups in total. The van der Waals surface area contributed by atoms with E-state index in [2.05, 4.69) is 0 Å². The third kappa shape index (κ3) is 5.32. The van der Waals surface area contributed by atoms with Crippen molar-refractivity contribution in [1.82, 2.24) is 0 Å². The summed E-state index contributed by atoms with van der Waals surface area (Å²) in [5.74, 6) is -1.12. The summed E-state index contributed by atoms with van der Waals surface area (Å²) in [7, 11) is 0. The highest BCUT2D eigenvalue weighted by Crippen LogP contribution is 2.27. The van der Waals surface area contributed by atoms with Crippen molar-refractivity contribution in [3.8, 4) is 11.5 Å². The molecule has 0 atom stereocenters. The molecular weight excluding hydrogens is 296 g/mol. The number of hydrogen-bond donors (Lipinski definition) is 1. The fourth-order valence-corrected chi connectivity index (χ4v) is 1.82. The number of benzene rings is 2. The molecule has 2 aromatic rings. The SMILES string of the molecule is CC(=O)Oc1ccc(/C=C/C(=O)OCc2ccccc2)cc1O. The minimum absolute atomic E-state index is 0.0707. The maximum atomic E-state index is 11.6. The van der Waals surface area contributed by atoms with Gasteiger partial charge in [0.1, 0.15) is 6.61 Å². The molecule has 0 aliphatic heterocycles. The first-order valence-electron chi connectivity index (χ1n) is 6.95. The molecule has 0 radical (unpaired) electrons. The zero-order chi connectivity index (χ0) is 16.7. The standard InChI is InChI=1S/C18H16O5/c1-13(19)23-17-9-7-14(11-16(17)20)8-10-18(21)22-12-15-5-3-2-4-6-15/h2-11,20H,12H2,1H3/b10-8+. The quantitative estimate of drug-likeness (QED) is 0.522. The Hall–Kier alpha value is -3.08. The summed E-state index contributed by atoms with van der Waals surface area (Å²) in [5, 5.41) is 9.73. The first-order chi connectivity index (χ1) is 11.0. The molecule has 23 heavy (non-hydrogen) atoms. The molecular formula is C18H16O5. The van der Waals surface area contributed by atoms with Crippen molar-refractivity contribution >= 4 is 18.0 Å². The normalized spacial score (nSPS) is 10.5. The molecule has 118 valence electrons. The van der Waals surface area contributed by atoms with E-state index < -0.39 is 11.9 Å². The second kappa shape index (κ2) is 7.79. The zero-order valence-electron chi connectivity index (χ0n) is 12.6. The third-order valence-corrected chi connectivity index (χ3v) is 2.87. The first-order valence-corrected chi connectivity index (χ1v) is 6.95. The predicted molar refractivity (Wildman–Crippen MR) is 84.7 cm³/mol. The highest BCUT2D eigenvalue weighted by molar-refractivity contribution is 5.87. The minimum atomic E-state index is -0.520. The third-order valence-electron chi connectivity index (χ3n) is 2.87. The monoisotopic (exact) mass is 312 g/mol. The van der Waals surface area contributed by atoms with Crippen LogP contribution in [0.25, 0.3) is 6.08 Å². The molecule has 2 aromatic carbocycles. The number of aromatic hydroxyl groups is 1. The fourth-order valence-electron chi connectivity index (χ4n) is 1.82. The molecule has 0 spiro atoms. The molecule has 0 aromatic heterocycles. The topological polar surface area (TPSA) is 72.8 Å². The van der Waals surface area contributed by atoms with E-state index in [4.69, 9.17) is 9.47 Å². The van der Waals surface area contributed by atoms with Crippen LogP contribution in [-0.2, 0) is 20.9 Å². The Morgan fingerprint density at radius 2 is 1.87 bits per heavy atom. The number of phenolic OH excluding ortho intramolecular Hbond substituents is 1. The molecule has 0 aliphatic rings. The Morgan fingerprint density at radius 3 is 2.52 bits per heavy atom. The Balaban J connectivity index is 1.93. The van der Waals surface area contributed by atoms with Crippen LogP contribution in [-0.4, -0.2) is 17.0 Å². The van der Waals surface area contributed by atoms with Crippen LogP contribution in [0.1, 0.15) is 18.1 Å². The average molecular weight is 312 g/mol. The Morgan fingerprint density at radius 1 is 1.13 bits per heavy atom. The van der Waals surface area contributed by atoms with Gasteiger partial charge < -0.3 is 14.6 Å². The summed E-state index contributed by atoms with van der Waals surface area (Å²) in [6, 6.07) is 13.8. The van der Waals surface area contributed by atoms with Crippen molar-refractivity contribution in [2.45, 2.75) is 13.5 Å². The van der Waals surface area contributed by atoms with Crippen molar-refractivity contribution in [3.63, 3.8) is 0 Å². The van der Waals surface area contributed by atoms with Gasteiger partial charge in [0.25, 0.3) is 0 Å². The van der Waals surface area contributed by atoms with Crippen LogP contribution < -0.4 is 4.74 Å². The van der Waals surface area contributed by atoms with E-state index in [-0.39, 0.29) is 18.1 Å². The van der Waals surface area contributed by atoms with Crippen molar-refractivity contribution in [2.24, 2.45) is 0 Å².